The van der Waals surface area contributed by atoms with Gasteiger partial charge in [0.1, 0.15) is 5.75 Å². The smallest absolute Gasteiger partial charge is 0.271 e. The highest BCUT2D eigenvalue weighted by Gasteiger charge is 2.07. The Bertz CT molecular complexity index is 866. The molecular formula is C18H16N2O2S. The number of aryl methyl sites for hydroxylation is 1. The van der Waals surface area contributed by atoms with Gasteiger partial charge in [-0.2, -0.15) is 5.10 Å². The molecule has 0 radical (unpaired) electrons. The molecule has 2 aromatic carbocycles. The number of ether oxygens (including phenoxy) is 1. The molecule has 1 N–H and O–H groups in total. The van der Waals surface area contributed by atoms with Crippen LogP contribution in [0.3, 0.4) is 0 Å². The number of carbonyl (C=O) groups is 1. The second-order valence-corrected chi connectivity index (χ2v) is 6.10. The number of thiophene rings is 1. The molecule has 0 unspecified atom stereocenters. The van der Waals surface area contributed by atoms with E-state index in [-0.39, 0.29) is 5.91 Å². The van der Waals surface area contributed by atoms with Crippen molar-refractivity contribution in [2.45, 2.75) is 6.92 Å². The molecule has 1 heterocycles. The van der Waals surface area contributed by atoms with Crippen molar-refractivity contribution in [1.82, 2.24) is 5.43 Å². The van der Waals surface area contributed by atoms with Gasteiger partial charge < -0.3 is 4.74 Å². The van der Waals surface area contributed by atoms with Crippen LogP contribution >= 0.6 is 11.3 Å². The third-order valence-electron chi connectivity index (χ3n) is 3.58. The minimum atomic E-state index is -0.248. The number of methoxy groups -OCH3 is 1. The molecule has 4 nitrogen and oxygen atoms in total. The van der Waals surface area contributed by atoms with Gasteiger partial charge in [0.15, 0.2) is 0 Å². The fourth-order valence-corrected chi connectivity index (χ4v) is 3.36. The minimum Gasteiger partial charge on any atom is -0.497 e. The zero-order valence-corrected chi connectivity index (χ0v) is 13.7. The van der Waals surface area contributed by atoms with Crippen LogP contribution in [0.4, 0.5) is 0 Å². The molecule has 1 aromatic heterocycles. The quantitative estimate of drug-likeness (QED) is 0.583. The van der Waals surface area contributed by atoms with E-state index in [1.807, 2.05) is 12.1 Å². The summed E-state index contributed by atoms with van der Waals surface area (Å²) in [6, 6.07) is 15.1. The molecule has 0 aliphatic carbocycles. The first-order chi connectivity index (χ1) is 11.2. The number of hydrogen-bond acceptors (Lipinski definition) is 4. The lowest BCUT2D eigenvalue weighted by molar-refractivity contribution is 0.0955. The topological polar surface area (TPSA) is 50.7 Å². The van der Waals surface area contributed by atoms with Crippen molar-refractivity contribution >= 4 is 33.5 Å². The SMILES string of the molecule is COc1ccc(C(=O)NN=Cc2sc3ccccc3c2C)cc1. The Morgan fingerprint density at radius 2 is 1.91 bits per heavy atom. The number of hydrogen-bond donors (Lipinski definition) is 1. The number of rotatable bonds is 4. The summed E-state index contributed by atoms with van der Waals surface area (Å²) < 4.78 is 6.29. The summed E-state index contributed by atoms with van der Waals surface area (Å²) in [5.74, 6) is 0.466. The normalized spacial score (nSPS) is 11.0. The first-order valence-corrected chi connectivity index (χ1v) is 7.96. The van der Waals surface area contributed by atoms with Crippen LogP contribution < -0.4 is 10.2 Å². The highest BCUT2D eigenvalue weighted by molar-refractivity contribution is 7.20. The van der Waals surface area contributed by atoms with Gasteiger partial charge in [0.2, 0.25) is 0 Å². The van der Waals surface area contributed by atoms with Crippen LogP contribution in [0, 0.1) is 6.92 Å². The predicted octanol–water partition coefficient (Wildman–Crippen LogP) is 3.98. The standard InChI is InChI=1S/C18H16N2O2S/c1-12-15-5-3-4-6-16(15)23-17(12)11-19-20-18(21)13-7-9-14(22-2)10-8-13/h3-11H,1-2H3,(H,20,21). The zero-order chi connectivity index (χ0) is 16.2. The van der Waals surface area contributed by atoms with Gasteiger partial charge in [-0.1, -0.05) is 18.2 Å². The summed E-state index contributed by atoms with van der Waals surface area (Å²) in [6.07, 6.45) is 1.70. The number of amides is 1. The van der Waals surface area contributed by atoms with E-state index in [2.05, 4.69) is 29.6 Å². The van der Waals surface area contributed by atoms with Crippen LogP contribution in [-0.2, 0) is 0 Å². The van der Waals surface area contributed by atoms with Crippen molar-refractivity contribution in [3.8, 4) is 5.75 Å². The Morgan fingerprint density at radius 3 is 2.61 bits per heavy atom. The molecule has 0 atom stereocenters. The van der Waals surface area contributed by atoms with Gasteiger partial charge in [0.25, 0.3) is 5.91 Å². The Hall–Kier alpha value is -2.66. The average Bonchev–Trinajstić information content (AvgIpc) is 2.91. The lowest BCUT2D eigenvalue weighted by Gasteiger charge is -2.01. The highest BCUT2D eigenvalue weighted by atomic mass is 32.1. The van der Waals surface area contributed by atoms with Crippen LogP contribution in [0.2, 0.25) is 0 Å². The molecule has 0 spiro atoms. The number of nitrogens with one attached hydrogen (secondary N) is 1. The second kappa shape index (κ2) is 6.62. The van der Waals surface area contributed by atoms with Crippen LogP contribution in [0.15, 0.2) is 53.6 Å². The fourth-order valence-electron chi connectivity index (χ4n) is 2.27. The van der Waals surface area contributed by atoms with Gasteiger partial charge in [0.05, 0.1) is 18.2 Å². The van der Waals surface area contributed by atoms with Crippen molar-refractivity contribution in [2.75, 3.05) is 7.11 Å². The van der Waals surface area contributed by atoms with E-state index in [0.717, 1.165) is 4.88 Å². The van der Waals surface area contributed by atoms with E-state index in [0.29, 0.717) is 11.3 Å². The maximum absolute atomic E-state index is 12.0. The summed E-state index contributed by atoms with van der Waals surface area (Å²) in [6.45, 7) is 2.06. The minimum absolute atomic E-state index is 0.248. The molecule has 23 heavy (non-hydrogen) atoms. The molecule has 3 aromatic rings. The molecule has 0 fully saturated rings. The van der Waals surface area contributed by atoms with Crippen LogP contribution in [-0.4, -0.2) is 19.2 Å². The Kier molecular flexibility index (Phi) is 4.39. The van der Waals surface area contributed by atoms with Gasteiger partial charge >= 0.3 is 0 Å². The maximum atomic E-state index is 12.0. The van der Waals surface area contributed by atoms with E-state index in [1.54, 1.807) is 48.9 Å². The Morgan fingerprint density at radius 1 is 1.17 bits per heavy atom. The van der Waals surface area contributed by atoms with Gasteiger partial charge in [-0.25, -0.2) is 5.43 Å². The van der Waals surface area contributed by atoms with E-state index in [1.165, 1.54) is 15.6 Å². The first kappa shape index (κ1) is 15.2. The van der Waals surface area contributed by atoms with Gasteiger partial charge in [-0.3, -0.25) is 4.79 Å². The molecule has 0 saturated carbocycles. The lowest BCUT2D eigenvalue weighted by atomic mass is 10.1. The van der Waals surface area contributed by atoms with Crippen molar-refractivity contribution < 1.29 is 9.53 Å². The van der Waals surface area contributed by atoms with E-state index >= 15 is 0 Å². The van der Waals surface area contributed by atoms with Crippen molar-refractivity contribution in [2.24, 2.45) is 5.10 Å². The van der Waals surface area contributed by atoms with Crippen LogP contribution in [0.1, 0.15) is 20.8 Å². The molecule has 0 bridgehead atoms. The fraction of sp³-hybridized carbons (Fsp3) is 0.111. The van der Waals surface area contributed by atoms with E-state index in [4.69, 9.17) is 4.74 Å². The van der Waals surface area contributed by atoms with E-state index in [9.17, 15) is 4.79 Å². The molecule has 116 valence electrons. The maximum Gasteiger partial charge on any atom is 0.271 e. The number of fused-ring (bicyclic) bond motifs is 1. The molecule has 1 amide bonds. The molecule has 5 heteroatoms. The summed E-state index contributed by atoms with van der Waals surface area (Å²) in [5, 5.41) is 5.29. The average molecular weight is 324 g/mol. The largest absolute Gasteiger partial charge is 0.497 e. The first-order valence-electron chi connectivity index (χ1n) is 7.14. The Labute approximate surface area is 138 Å². The van der Waals surface area contributed by atoms with Crippen molar-refractivity contribution in [1.29, 1.82) is 0 Å². The number of hydrazone groups is 1. The number of carbonyl (C=O) groups excluding carboxylic acids is 1. The van der Waals surface area contributed by atoms with Gasteiger partial charge in [-0.15, -0.1) is 11.3 Å². The molecular weight excluding hydrogens is 308 g/mol. The summed E-state index contributed by atoms with van der Waals surface area (Å²) in [4.78, 5) is 13.1. The second-order valence-electron chi connectivity index (χ2n) is 5.02. The lowest BCUT2D eigenvalue weighted by Crippen LogP contribution is -2.17. The van der Waals surface area contributed by atoms with Crippen molar-refractivity contribution in [3.63, 3.8) is 0 Å². The van der Waals surface area contributed by atoms with Gasteiger partial charge in [0, 0.05) is 10.3 Å². The highest BCUT2D eigenvalue weighted by Crippen LogP contribution is 2.29. The van der Waals surface area contributed by atoms with Crippen LogP contribution in [0.5, 0.6) is 5.75 Å². The van der Waals surface area contributed by atoms with Crippen molar-refractivity contribution in [3.05, 3.63) is 64.5 Å². The summed E-state index contributed by atoms with van der Waals surface area (Å²) in [7, 11) is 1.59. The summed E-state index contributed by atoms with van der Waals surface area (Å²) in [5.41, 5.74) is 4.26. The predicted molar refractivity (Wildman–Crippen MR) is 94.6 cm³/mol. The zero-order valence-electron chi connectivity index (χ0n) is 12.9. The van der Waals surface area contributed by atoms with Gasteiger partial charge in [-0.05, 0) is 48.2 Å². The monoisotopic (exact) mass is 324 g/mol. The molecule has 0 aliphatic rings. The number of benzene rings is 2. The molecule has 0 saturated heterocycles. The Balaban J connectivity index is 1.72. The molecule has 0 aliphatic heterocycles. The van der Waals surface area contributed by atoms with Crippen LogP contribution in [0.25, 0.3) is 10.1 Å². The van der Waals surface area contributed by atoms with E-state index < -0.39 is 0 Å². The third-order valence-corrected chi connectivity index (χ3v) is 4.79. The number of nitrogens with zero attached hydrogens (tertiary/aromatic N) is 1. The molecule has 3 rings (SSSR count). The summed E-state index contributed by atoms with van der Waals surface area (Å²) >= 11 is 1.66. The third kappa shape index (κ3) is 3.24.